The van der Waals surface area contributed by atoms with E-state index >= 15 is 0 Å². The fraction of sp³-hybridized carbons (Fsp3) is 0.0952. The topological polar surface area (TPSA) is 109 Å². The van der Waals surface area contributed by atoms with Crippen LogP contribution in [0, 0.1) is 0 Å². The van der Waals surface area contributed by atoms with Crippen molar-refractivity contribution in [3.8, 4) is 11.1 Å². The van der Waals surface area contributed by atoms with Crippen molar-refractivity contribution in [1.29, 1.82) is 0 Å². The number of carbonyl (C=O) groups is 1. The minimum atomic E-state index is -4.49. The van der Waals surface area contributed by atoms with Gasteiger partial charge in [-0.15, -0.1) is 0 Å². The molecule has 0 saturated heterocycles. The number of halogens is 3. The Morgan fingerprint density at radius 3 is 2.48 bits per heavy atom. The Morgan fingerprint density at radius 2 is 1.77 bits per heavy atom. The van der Waals surface area contributed by atoms with Crippen molar-refractivity contribution in [1.82, 2.24) is 15.2 Å². The molecule has 158 valence electrons. The zero-order valence-electron chi connectivity index (χ0n) is 16.0. The number of nitrogens with two attached hydrogens (primary N) is 1. The molecule has 0 spiro atoms. The summed E-state index contributed by atoms with van der Waals surface area (Å²) in [7, 11) is 0. The lowest BCUT2D eigenvalue weighted by Gasteiger charge is -2.11. The van der Waals surface area contributed by atoms with E-state index in [1.54, 1.807) is 36.7 Å². The maximum Gasteiger partial charge on any atom is 0.416 e. The first kappa shape index (κ1) is 20.4. The third-order valence-electron chi connectivity index (χ3n) is 4.64. The third-order valence-corrected chi connectivity index (χ3v) is 4.64. The molecular formula is C21H17F3N6O. The molecular weight excluding hydrogens is 409 g/mol. The summed E-state index contributed by atoms with van der Waals surface area (Å²) in [6, 6.07) is 10.7. The van der Waals surface area contributed by atoms with E-state index in [1.165, 1.54) is 12.1 Å². The summed E-state index contributed by atoms with van der Waals surface area (Å²) in [6.45, 7) is 0.295. The van der Waals surface area contributed by atoms with Crippen molar-refractivity contribution < 1.29 is 18.0 Å². The number of hydrogen-bond acceptors (Lipinski definition) is 4. The fourth-order valence-electron chi connectivity index (χ4n) is 3.20. The smallest absolute Gasteiger partial charge is 0.325 e. The molecule has 0 bridgehead atoms. The maximum atomic E-state index is 12.8. The Bertz CT molecular complexity index is 1230. The zero-order valence-corrected chi connectivity index (χ0v) is 16.0. The summed E-state index contributed by atoms with van der Waals surface area (Å²) >= 11 is 0. The molecule has 4 rings (SSSR count). The van der Waals surface area contributed by atoms with Gasteiger partial charge in [0.05, 0.1) is 17.5 Å². The number of H-pyrrole nitrogens is 1. The van der Waals surface area contributed by atoms with Crippen molar-refractivity contribution in [2.45, 2.75) is 12.7 Å². The number of fused-ring (bicyclic) bond motifs is 1. The first-order valence-corrected chi connectivity index (χ1v) is 9.22. The van der Waals surface area contributed by atoms with Gasteiger partial charge in [0, 0.05) is 35.1 Å². The number of nitrogens with zero attached hydrogens (tertiary/aromatic N) is 2. The summed E-state index contributed by atoms with van der Waals surface area (Å²) in [6.07, 6.45) is -1.14. The summed E-state index contributed by atoms with van der Waals surface area (Å²) in [5, 5.41) is 13.0. The molecule has 7 nitrogen and oxygen atoms in total. The highest BCUT2D eigenvalue weighted by Gasteiger charge is 2.30. The maximum absolute atomic E-state index is 12.8. The first-order chi connectivity index (χ1) is 14.8. The van der Waals surface area contributed by atoms with Crippen LogP contribution in [0.15, 0.2) is 60.9 Å². The first-order valence-electron chi connectivity index (χ1n) is 9.22. The van der Waals surface area contributed by atoms with E-state index in [9.17, 15) is 18.0 Å². The van der Waals surface area contributed by atoms with Gasteiger partial charge >= 0.3 is 12.2 Å². The highest BCUT2D eigenvalue weighted by molar-refractivity contribution is 6.00. The van der Waals surface area contributed by atoms with Crippen LogP contribution in [0.5, 0.6) is 0 Å². The normalized spacial score (nSPS) is 11.5. The molecule has 2 amide bonds. The van der Waals surface area contributed by atoms with Gasteiger partial charge in [0.25, 0.3) is 0 Å². The van der Waals surface area contributed by atoms with Crippen molar-refractivity contribution >= 4 is 28.3 Å². The van der Waals surface area contributed by atoms with Gasteiger partial charge in [0.1, 0.15) is 5.52 Å². The van der Waals surface area contributed by atoms with Crippen molar-refractivity contribution in [3.05, 3.63) is 72.2 Å². The van der Waals surface area contributed by atoms with Gasteiger partial charge in [-0.25, -0.2) is 4.79 Å². The molecule has 0 saturated carbocycles. The van der Waals surface area contributed by atoms with Gasteiger partial charge in [-0.05, 0) is 35.9 Å². The number of nitrogens with one attached hydrogen (secondary N) is 3. The van der Waals surface area contributed by atoms with E-state index in [2.05, 4.69) is 25.8 Å². The number of rotatable bonds is 4. The van der Waals surface area contributed by atoms with Crippen LogP contribution in [0.4, 0.5) is 29.3 Å². The van der Waals surface area contributed by atoms with Crippen LogP contribution in [0.25, 0.3) is 22.0 Å². The average molecular weight is 426 g/mol. The van der Waals surface area contributed by atoms with Crippen LogP contribution in [-0.2, 0) is 12.7 Å². The number of alkyl halides is 3. The Hall–Kier alpha value is -3.92. The SMILES string of the molecule is NCc1[nH]nc2cncc(-c3ccc(NC(=O)Nc4cccc(C(F)(F)F)c4)cc3)c12. The van der Waals surface area contributed by atoms with E-state index in [-0.39, 0.29) is 5.69 Å². The van der Waals surface area contributed by atoms with Crippen LogP contribution >= 0.6 is 0 Å². The van der Waals surface area contributed by atoms with Crippen LogP contribution in [0.1, 0.15) is 11.3 Å². The number of benzene rings is 2. The number of hydrogen-bond donors (Lipinski definition) is 4. The highest BCUT2D eigenvalue weighted by atomic mass is 19.4. The second kappa shape index (κ2) is 8.07. The van der Waals surface area contributed by atoms with E-state index in [1.807, 2.05) is 0 Å². The molecule has 2 aromatic heterocycles. The Balaban J connectivity index is 1.50. The molecule has 4 aromatic rings. The van der Waals surface area contributed by atoms with Crippen molar-refractivity contribution in [2.75, 3.05) is 10.6 Å². The van der Waals surface area contributed by atoms with Gasteiger partial charge in [-0.2, -0.15) is 18.3 Å². The lowest BCUT2D eigenvalue weighted by Crippen LogP contribution is -2.19. The monoisotopic (exact) mass is 426 g/mol. The van der Waals surface area contributed by atoms with Gasteiger partial charge in [0.15, 0.2) is 0 Å². The molecule has 0 unspecified atom stereocenters. The summed E-state index contributed by atoms with van der Waals surface area (Å²) in [5.41, 5.74) is 8.61. The standard InChI is InChI=1S/C21H17F3N6O/c22-21(23,24)13-2-1-3-15(8-13)28-20(31)27-14-6-4-12(5-7-14)16-10-26-11-18-19(16)17(9-25)29-30-18/h1-8,10-11H,9,25H2,(H,29,30)(H2,27,28,31). The molecule has 10 heteroatoms. The van der Waals surface area contributed by atoms with Gasteiger partial charge in [-0.3, -0.25) is 10.1 Å². The number of carbonyl (C=O) groups excluding carboxylic acids is 1. The number of amides is 2. The Labute approximate surface area is 174 Å². The summed E-state index contributed by atoms with van der Waals surface area (Å²) in [4.78, 5) is 16.4. The molecule has 0 radical (unpaired) electrons. The van der Waals surface area contributed by atoms with Gasteiger partial charge in [-0.1, -0.05) is 18.2 Å². The highest BCUT2D eigenvalue weighted by Crippen LogP contribution is 2.31. The quantitative estimate of drug-likeness (QED) is 0.378. The Kier molecular flexibility index (Phi) is 5.30. The minimum Gasteiger partial charge on any atom is -0.325 e. The Morgan fingerprint density at radius 1 is 1.03 bits per heavy atom. The van der Waals surface area contributed by atoms with Crippen molar-refractivity contribution in [3.63, 3.8) is 0 Å². The van der Waals surface area contributed by atoms with Gasteiger partial charge in [0.2, 0.25) is 0 Å². The number of aromatic nitrogens is 3. The third kappa shape index (κ3) is 4.33. The molecule has 2 heterocycles. The van der Waals surface area contributed by atoms with Crippen LogP contribution in [0.2, 0.25) is 0 Å². The second-order valence-corrected chi connectivity index (χ2v) is 6.72. The second-order valence-electron chi connectivity index (χ2n) is 6.72. The molecule has 2 aromatic carbocycles. The van der Waals surface area contributed by atoms with Crippen LogP contribution in [0.3, 0.4) is 0 Å². The van der Waals surface area contributed by atoms with Crippen LogP contribution < -0.4 is 16.4 Å². The van der Waals surface area contributed by atoms with E-state index < -0.39 is 17.8 Å². The molecule has 0 aliphatic carbocycles. The molecule has 0 aliphatic heterocycles. The number of anilines is 2. The molecule has 0 atom stereocenters. The largest absolute Gasteiger partial charge is 0.416 e. The molecule has 0 aliphatic rings. The number of aromatic amines is 1. The van der Waals surface area contributed by atoms with E-state index in [0.717, 1.165) is 34.3 Å². The van der Waals surface area contributed by atoms with E-state index in [4.69, 9.17) is 5.73 Å². The summed E-state index contributed by atoms with van der Waals surface area (Å²) in [5.74, 6) is 0. The van der Waals surface area contributed by atoms with Crippen molar-refractivity contribution in [2.24, 2.45) is 5.73 Å². The molecule has 5 N–H and O–H groups in total. The number of urea groups is 1. The molecule has 0 fully saturated rings. The number of pyridine rings is 1. The van der Waals surface area contributed by atoms with Gasteiger partial charge < -0.3 is 16.4 Å². The van der Waals surface area contributed by atoms with Crippen LogP contribution in [-0.4, -0.2) is 21.2 Å². The predicted octanol–water partition coefficient (Wildman–Crippen LogP) is 4.75. The summed E-state index contributed by atoms with van der Waals surface area (Å²) < 4.78 is 38.4. The molecule has 31 heavy (non-hydrogen) atoms. The fourth-order valence-corrected chi connectivity index (χ4v) is 3.20. The average Bonchev–Trinajstić information content (AvgIpc) is 3.17. The minimum absolute atomic E-state index is 0.0379. The zero-order chi connectivity index (χ0) is 22.0. The van der Waals surface area contributed by atoms with E-state index in [0.29, 0.717) is 17.7 Å². The predicted molar refractivity (Wildman–Crippen MR) is 111 cm³/mol. The lowest BCUT2D eigenvalue weighted by atomic mass is 10.0. The lowest BCUT2D eigenvalue weighted by molar-refractivity contribution is -0.137.